The number of carbonyl (C=O) groups excluding carboxylic acids is 5. The van der Waals surface area contributed by atoms with Crippen LogP contribution in [0.15, 0.2) is 0 Å². The van der Waals surface area contributed by atoms with Gasteiger partial charge in [-0.15, -0.1) is 0 Å². The highest BCUT2D eigenvalue weighted by Gasteiger charge is 2.39. The average molecular weight is 478 g/mol. The van der Waals surface area contributed by atoms with Gasteiger partial charge in [-0.3, -0.25) is 28.8 Å². The zero-order valence-corrected chi connectivity index (χ0v) is 19.0. The first-order valence-electron chi connectivity index (χ1n) is 9.92. The molecule has 188 valence electrons. The lowest BCUT2D eigenvalue weighted by atomic mass is 10.1. The summed E-state index contributed by atoms with van der Waals surface area (Å²) in [6.07, 6.45) is -0.550. The molecule has 0 atom stereocenters. The summed E-state index contributed by atoms with van der Waals surface area (Å²) in [5, 5.41) is 15.4. The molecule has 1 saturated heterocycles. The minimum atomic E-state index is -1.35. The van der Waals surface area contributed by atoms with Crippen LogP contribution in [0.5, 0.6) is 0 Å². The summed E-state index contributed by atoms with van der Waals surface area (Å²) in [5.41, 5.74) is 0. The van der Waals surface area contributed by atoms with Crippen molar-refractivity contribution in [2.45, 2.75) is 72.0 Å². The van der Waals surface area contributed by atoms with Gasteiger partial charge in [0, 0.05) is 19.8 Å². The van der Waals surface area contributed by atoms with Crippen molar-refractivity contribution in [2.24, 2.45) is 0 Å². The maximum atomic E-state index is 11.1. The Hall–Kier alpha value is -3.51. The SMILES string of the molecule is CCOC(=O)CCC(C)=O.CCOC(=O)CCC1(C)OC(=O)CC(=O)O1.O=C(O)CC(=O)O. The van der Waals surface area contributed by atoms with E-state index in [4.69, 9.17) is 24.4 Å². The van der Waals surface area contributed by atoms with E-state index >= 15 is 0 Å². The van der Waals surface area contributed by atoms with Gasteiger partial charge in [-0.05, 0) is 20.8 Å². The molecule has 0 radical (unpaired) electrons. The Bertz CT molecular complexity index is 683. The van der Waals surface area contributed by atoms with Crippen LogP contribution in [0.2, 0.25) is 0 Å². The van der Waals surface area contributed by atoms with E-state index in [0.717, 1.165) is 0 Å². The van der Waals surface area contributed by atoms with Crippen molar-refractivity contribution in [3.05, 3.63) is 0 Å². The fourth-order valence-corrected chi connectivity index (χ4v) is 2.00. The fourth-order valence-electron chi connectivity index (χ4n) is 2.00. The molecule has 0 amide bonds. The van der Waals surface area contributed by atoms with Gasteiger partial charge in [-0.25, -0.2) is 0 Å². The highest BCUT2D eigenvalue weighted by atomic mass is 16.7. The van der Waals surface area contributed by atoms with Crippen LogP contribution in [0.25, 0.3) is 0 Å². The third-order valence-electron chi connectivity index (χ3n) is 3.33. The zero-order chi connectivity index (χ0) is 26.0. The maximum absolute atomic E-state index is 11.1. The third kappa shape index (κ3) is 20.2. The van der Waals surface area contributed by atoms with Crippen molar-refractivity contribution in [1.82, 2.24) is 0 Å². The molecule has 1 fully saturated rings. The Morgan fingerprint density at radius 2 is 1.27 bits per heavy atom. The van der Waals surface area contributed by atoms with Gasteiger partial charge in [-0.1, -0.05) is 0 Å². The molecule has 0 bridgehead atoms. The van der Waals surface area contributed by atoms with Gasteiger partial charge < -0.3 is 34.0 Å². The summed E-state index contributed by atoms with van der Waals surface area (Å²) >= 11 is 0. The van der Waals surface area contributed by atoms with Crippen LogP contribution >= 0.6 is 0 Å². The molecule has 0 unspecified atom stereocenters. The van der Waals surface area contributed by atoms with E-state index in [1.807, 2.05) is 0 Å². The van der Waals surface area contributed by atoms with Gasteiger partial charge in [0.15, 0.2) is 0 Å². The van der Waals surface area contributed by atoms with Crippen LogP contribution in [0.3, 0.4) is 0 Å². The largest absolute Gasteiger partial charge is 0.481 e. The van der Waals surface area contributed by atoms with Crippen molar-refractivity contribution < 1.29 is 62.7 Å². The number of ketones is 1. The van der Waals surface area contributed by atoms with Crippen molar-refractivity contribution >= 4 is 41.6 Å². The quantitative estimate of drug-likeness (QED) is 0.256. The van der Waals surface area contributed by atoms with Crippen molar-refractivity contribution in [3.63, 3.8) is 0 Å². The van der Waals surface area contributed by atoms with E-state index in [1.165, 1.54) is 13.8 Å². The second kappa shape index (κ2) is 17.1. The monoisotopic (exact) mass is 478 g/mol. The Balaban J connectivity index is 0. The number of carboxylic acids is 2. The number of cyclic esters (lactones) is 2. The van der Waals surface area contributed by atoms with Crippen molar-refractivity contribution in [3.8, 4) is 0 Å². The van der Waals surface area contributed by atoms with E-state index in [-0.39, 0.29) is 44.0 Å². The molecule has 0 aromatic rings. The van der Waals surface area contributed by atoms with E-state index in [1.54, 1.807) is 13.8 Å². The zero-order valence-electron chi connectivity index (χ0n) is 19.0. The summed E-state index contributed by atoms with van der Waals surface area (Å²) in [4.78, 5) is 72.9. The molecule has 0 aromatic carbocycles. The number of esters is 4. The maximum Gasteiger partial charge on any atom is 0.320 e. The average Bonchev–Trinajstić information content (AvgIpc) is 2.64. The molecule has 2 N–H and O–H groups in total. The minimum absolute atomic E-state index is 0.0213. The van der Waals surface area contributed by atoms with Gasteiger partial charge >= 0.3 is 35.8 Å². The van der Waals surface area contributed by atoms with Crippen LogP contribution in [-0.2, 0) is 52.5 Å². The summed E-state index contributed by atoms with van der Waals surface area (Å²) in [7, 11) is 0. The van der Waals surface area contributed by atoms with Crippen LogP contribution in [-0.4, -0.2) is 70.8 Å². The summed E-state index contributed by atoms with van der Waals surface area (Å²) in [5.74, 6) is -5.93. The lowest BCUT2D eigenvalue weighted by Gasteiger charge is -2.32. The highest BCUT2D eigenvalue weighted by Crippen LogP contribution is 2.25. The van der Waals surface area contributed by atoms with Crippen molar-refractivity contribution in [1.29, 1.82) is 0 Å². The third-order valence-corrected chi connectivity index (χ3v) is 3.33. The van der Waals surface area contributed by atoms with Gasteiger partial charge in [0.25, 0.3) is 5.79 Å². The van der Waals surface area contributed by atoms with Crippen LogP contribution in [0.1, 0.15) is 66.2 Å². The standard InChI is InChI=1S/C10H14O6.C7H12O3.C3H4O4/c1-3-14-7(11)4-5-10(2)15-8(12)6-9(13)16-10;1-3-10-7(9)5-4-6(2)8;4-2(5)1-3(6)7/h3-6H2,1-2H3;3-5H2,1-2H3;1H2,(H,4,5)(H,6,7). The lowest BCUT2D eigenvalue weighted by Crippen LogP contribution is -2.43. The molecule has 1 heterocycles. The molecular weight excluding hydrogens is 448 g/mol. The van der Waals surface area contributed by atoms with Crippen LogP contribution < -0.4 is 0 Å². The van der Waals surface area contributed by atoms with Gasteiger partial charge in [0.1, 0.15) is 18.6 Å². The second-order valence-corrected chi connectivity index (χ2v) is 6.54. The molecule has 33 heavy (non-hydrogen) atoms. The predicted molar refractivity (Wildman–Crippen MR) is 108 cm³/mol. The number of carbonyl (C=O) groups is 7. The first-order chi connectivity index (χ1) is 15.2. The lowest BCUT2D eigenvalue weighted by molar-refractivity contribution is -0.240. The normalized spacial score (nSPS) is 13.5. The van der Waals surface area contributed by atoms with Crippen LogP contribution in [0, 0.1) is 0 Å². The molecule has 1 aliphatic rings. The second-order valence-electron chi connectivity index (χ2n) is 6.54. The number of ether oxygens (including phenoxy) is 4. The molecular formula is C20H30O13. The number of carboxylic acid groups (broad SMARTS) is 2. The summed E-state index contributed by atoms with van der Waals surface area (Å²) in [6, 6.07) is 0. The first-order valence-corrected chi connectivity index (χ1v) is 9.92. The van der Waals surface area contributed by atoms with Gasteiger partial charge in [0.05, 0.1) is 26.1 Å². The summed E-state index contributed by atoms with van der Waals surface area (Å²) < 4.78 is 19.1. The topological polar surface area (TPSA) is 197 Å². The predicted octanol–water partition coefficient (Wildman–Crippen LogP) is 1.00. The van der Waals surface area contributed by atoms with Gasteiger partial charge in [-0.2, -0.15) is 0 Å². The van der Waals surface area contributed by atoms with E-state index in [0.29, 0.717) is 13.0 Å². The first kappa shape index (κ1) is 31.7. The fraction of sp³-hybridized carbons (Fsp3) is 0.650. The van der Waals surface area contributed by atoms with E-state index in [9.17, 15) is 33.6 Å². The van der Waals surface area contributed by atoms with Gasteiger partial charge in [0.2, 0.25) is 0 Å². The van der Waals surface area contributed by atoms with Crippen molar-refractivity contribution in [2.75, 3.05) is 13.2 Å². The number of hydrogen-bond acceptors (Lipinski definition) is 11. The van der Waals surface area contributed by atoms with E-state index in [2.05, 4.69) is 4.74 Å². The number of aliphatic carboxylic acids is 2. The molecule has 0 spiro atoms. The number of hydrogen-bond donors (Lipinski definition) is 2. The molecule has 0 aromatic heterocycles. The minimum Gasteiger partial charge on any atom is -0.481 e. The smallest absolute Gasteiger partial charge is 0.320 e. The summed E-state index contributed by atoms with van der Waals surface area (Å²) in [6.45, 7) is 7.01. The molecule has 0 saturated carbocycles. The Kier molecular flexibility index (Phi) is 16.4. The number of rotatable bonds is 10. The highest BCUT2D eigenvalue weighted by molar-refractivity contribution is 5.93. The van der Waals surface area contributed by atoms with E-state index < -0.39 is 42.1 Å². The molecule has 0 aliphatic carbocycles. The Morgan fingerprint density at radius 3 is 1.61 bits per heavy atom. The number of Topliss-reactive ketones (excluding diaryl/α,β-unsaturated/α-hetero) is 1. The van der Waals surface area contributed by atoms with Crippen LogP contribution in [0.4, 0.5) is 0 Å². The molecule has 1 rings (SSSR count). The molecule has 1 aliphatic heterocycles. The Morgan fingerprint density at radius 1 is 0.848 bits per heavy atom. The Labute approximate surface area is 190 Å². The molecule has 13 heteroatoms. The molecule has 13 nitrogen and oxygen atoms in total.